The maximum Gasteiger partial charge on any atom is 0.335 e. The molecule has 0 radical (unpaired) electrons. The van der Waals surface area contributed by atoms with E-state index < -0.39 is 5.97 Å². The Bertz CT molecular complexity index is 340. The van der Waals surface area contributed by atoms with Gasteiger partial charge in [0, 0.05) is 0 Å². The molecule has 0 aromatic heterocycles. The molecule has 68 valence electrons. The monoisotopic (exact) mass is 176 g/mol. The van der Waals surface area contributed by atoms with E-state index in [2.05, 4.69) is 6.58 Å². The third-order valence-corrected chi connectivity index (χ3v) is 1.96. The lowest BCUT2D eigenvalue weighted by Crippen LogP contribution is -1.98. The Morgan fingerprint density at radius 1 is 1.62 bits per heavy atom. The fraction of sp³-hybridized carbons (Fsp3) is 0.182. The highest BCUT2D eigenvalue weighted by atomic mass is 16.4. The molecular weight excluding hydrogens is 164 g/mol. The van der Waals surface area contributed by atoms with Crippen LogP contribution in [0.1, 0.15) is 21.5 Å². The van der Waals surface area contributed by atoms with Gasteiger partial charge in [-0.15, -0.1) is 6.58 Å². The zero-order chi connectivity index (χ0) is 9.84. The molecule has 2 heteroatoms. The van der Waals surface area contributed by atoms with E-state index in [1.807, 2.05) is 13.0 Å². The van der Waals surface area contributed by atoms with Gasteiger partial charge in [-0.1, -0.05) is 12.1 Å². The van der Waals surface area contributed by atoms with Crippen LogP contribution in [-0.2, 0) is 6.42 Å². The Morgan fingerprint density at radius 2 is 2.31 bits per heavy atom. The minimum atomic E-state index is -0.884. The molecule has 0 heterocycles. The van der Waals surface area contributed by atoms with E-state index in [0.29, 0.717) is 12.0 Å². The third-order valence-electron chi connectivity index (χ3n) is 1.96. The fourth-order valence-electron chi connectivity index (χ4n) is 1.18. The van der Waals surface area contributed by atoms with Crippen LogP contribution >= 0.6 is 0 Å². The highest BCUT2D eigenvalue weighted by molar-refractivity contribution is 5.87. The second-order valence-electron chi connectivity index (χ2n) is 2.94. The van der Waals surface area contributed by atoms with Gasteiger partial charge in [-0.05, 0) is 36.6 Å². The Hall–Kier alpha value is -1.57. The molecule has 0 spiro atoms. The summed E-state index contributed by atoms with van der Waals surface area (Å²) < 4.78 is 0. The zero-order valence-corrected chi connectivity index (χ0v) is 7.58. The van der Waals surface area contributed by atoms with Crippen LogP contribution in [0.15, 0.2) is 30.9 Å². The maximum atomic E-state index is 10.6. The van der Waals surface area contributed by atoms with Gasteiger partial charge >= 0.3 is 5.97 Å². The molecule has 1 N–H and O–H groups in total. The largest absolute Gasteiger partial charge is 0.478 e. The second kappa shape index (κ2) is 3.90. The van der Waals surface area contributed by atoms with E-state index >= 15 is 0 Å². The minimum Gasteiger partial charge on any atom is -0.478 e. The van der Waals surface area contributed by atoms with E-state index in [4.69, 9.17) is 5.11 Å². The number of aromatic carboxylic acids is 1. The maximum absolute atomic E-state index is 10.6. The molecule has 0 saturated carbocycles. The lowest BCUT2D eigenvalue weighted by molar-refractivity contribution is 0.0697. The number of allylic oxidation sites excluding steroid dienone is 1. The molecule has 2 nitrogen and oxygen atoms in total. The first kappa shape index (κ1) is 9.52. The molecular formula is C11H12O2. The topological polar surface area (TPSA) is 37.3 Å². The number of rotatable bonds is 3. The van der Waals surface area contributed by atoms with Gasteiger partial charge < -0.3 is 5.11 Å². The van der Waals surface area contributed by atoms with Gasteiger partial charge in [0.05, 0.1) is 5.56 Å². The Labute approximate surface area is 77.5 Å². The average Bonchev–Trinajstić information content (AvgIpc) is 2.08. The molecule has 1 aromatic rings. The highest BCUT2D eigenvalue weighted by Crippen LogP contribution is 2.12. The number of carboxylic acid groups (broad SMARTS) is 1. The van der Waals surface area contributed by atoms with E-state index in [9.17, 15) is 4.79 Å². The van der Waals surface area contributed by atoms with Crippen LogP contribution in [-0.4, -0.2) is 11.1 Å². The number of hydrogen-bond donors (Lipinski definition) is 1. The molecule has 0 aliphatic carbocycles. The van der Waals surface area contributed by atoms with Crippen LogP contribution in [0.25, 0.3) is 0 Å². The SMILES string of the molecule is C=CCc1cc(C(=O)O)ccc1C. The molecule has 0 aliphatic heterocycles. The molecule has 0 saturated heterocycles. The second-order valence-corrected chi connectivity index (χ2v) is 2.94. The van der Waals surface area contributed by atoms with Crippen LogP contribution in [0, 0.1) is 6.92 Å². The zero-order valence-electron chi connectivity index (χ0n) is 7.58. The van der Waals surface area contributed by atoms with Gasteiger partial charge in [-0.25, -0.2) is 4.79 Å². The van der Waals surface area contributed by atoms with Crippen molar-refractivity contribution in [2.45, 2.75) is 13.3 Å². The molecule has 1 rings (SSSR count). The number of hydrogen-bond acceptors (Lipinski definition) is 1. The summed E-state index contributed by atoms with van der Waals surface area (Å²) in [5.74, 6) is -0.884. The quantitative estimate of drug-likeness (QED) is 0.718. The predicted molar refractivity (Wildman–Crippen MR) is 52.0 cm³/mol. The normalized spacial score (nSPS) is 9.62. The average molecular weight is 176 g/mol. The van der Waals surface area contributed by atoms with Crippen molar-refractivity contribution in [2.75, 3.05) is 0 Å². The van der Waals surface area contributed by atoms with E-state index in [0.717, 1.165) is 11.1 Å². The summed E-state index contributed by atoms with van der Waals surface area (Å²) in [5, 5.41) is 8.74. The van der Waals surface area contributed by atoms with Crippen molar-refractivity contribution in [1.82, 2.24) is 0 Å². The van der Waals surface area contributed by atoms with Gasteiger partial charge in [0.15, 0.2) is 0 Å². The lowest BCUT2D eigenvalue weighted by Gasteiger charge is -2.03. The summed E-state index contributed by atoms with van der Waals surface area (Å²) in [7, 11) is 0. The molecule has 13 heavy (non-hydrogen) atoms. The third kappa shape index (κ3) is 2.18. The van der Waals surface area contributed by atoms with E-state index in [1.165, 1.54) is 0 Å². The van der Waals surface area contributed by atoms with Gasteiger partial charge in [-0.2, -0.15) is 0 Å². The molecule has 1 aromatic carbocycles. The Morgan fingerprint density at radius 3 is 2.85 bits per heavy atom. The van der Waals surface area contributed by atoms with Crippen molar-refractivity contribution in [1.29, 1.82) is 0 Å². The van der Waals surface area contributed by atoms with Crippen LogP contribution < -0.4 is 0 Å². The van der Waals surface area contributed by atoms with Gasteiger partial charge in [0.25, 0.3) is 0 Å². The summed E-state index contributed by atoms with van der Waals surface area (Å²) >= 11 is 0. The summed E-state index contributed by atoms with van der Waals surface area (Å²) in [5.41, 5.74) is 2.46. The summed E-state index contributed by atoms with van der Waals surface area (Å²) in [6, 6.07) is 5.13. The Balaban J connectivity index is 3.10. The number of carboxylic acids is 1. The van der Waals surface area contributed by atoms with Crippen LogP contribution in [0.4, 0.5) is 0 Å². The van der Waals surface area contributed by atoms with Gasteiger partial charge in [-0.3, -0.25) is 0 Å². The van der Waals surface area contributed by atoms with Crippen molar-refractivity contribution in [3.8, 4) is 0 Å². The minimum absolute atomic E-state index is 0.336. The number of benzene rings is 1. The molecule has 0 bridgehead atoms. The van der Waals surface area contributed by atoms with Gasteiger partial charge in [0.1, 0.15) is 0 Å². The summed E-state index contributed by atoms with van der Waals surface area (Å²) in [6.07, 6.45) is 2.49. The number of aryl methyl sites for hydroxylation is 1. The van der Waals surface area contributed by atoms with Crippen LogP contribution in [0.3, 0.4) is 0 Å². The molecule has 0 unspecified atom stereocenters. The van der Waals surface area contributed by atoms with Crippen molar-refractivity contribution in [3.63, 3.8) is 0 Å². The highest BCUT2D eigenvalue weighted by Gasteiger charge is 2.04. The molecule has 0 fully saturated rings. The molecule has 0 amide bonds. The van der Waals surface area contributed by atoms with Gasteiger partial charge in [0.2, 0.25) is 0 Å². The molecule has 0 atom stereocenters. The first-order valence-electron chi connectivity index (χ1n) is 4.09. The van der Waals surface area contributed by atoms with Crippen LogP contribution in [0.2, 0.25) is 0 Å². The Kier molecular flexibility index (Phi) is 2.85. The van der Waals surface area contributed by atoms with Crippen molar-refractivity contribution in [2.24, 2.45) is 0 Å². The van der Waals surface area contributed by atoms with Crippen molar-refractivity contribution >= 4 is 5.97 Å². The number of carbonyl (C=O) groups is 1. The first-order valence-corrected chi connectivity index (χ1v) is 4.09. The standard InChI is InChI=1S/C11H12O2/c1-3-4-9-7-10(11(12)13)6-5-8(9)2/h3,5-7H,1,4H2,2H3,(H,12,13). The van der Waals surface area contributed by atoms with Crippen molar-refractivity contribution in [3.05, 3.63) is 47.5 Å². The predicted octanol–water partition coefficient (Wildman–Crippen LogP) is 2.42. The van der Waals surface area contributed by atoms with Crippen LogP contribution in [0.5, 0.6) is 0 Å². The first-order chi connectivity index (χ1) is 6.15. The molecule has 0 aliphatic rings. The summed E-state index contributed by atoms with van der Waals surface area (Å²) in [4.78, 5) is 10.6. The smallest absolute Gasteiger partial charge is 0.335 e. The fourth-order valence-corrected chi connectivity index (χ4v) is 1.18. The van der Waals surface area contributed by atoms with Crippen molar-refractivity contribution < 1.29 is 9.90 Å². The van der Waals surface area contributed by atoms with E-state index in [1.54, 1.807) is 18.2 Å². The summed E-state index contributed by atoms with van der Waals surface area (Å²) in [6.45, 7) is 5.59. The van der Waals surface area contributed by atoms with E-state index in [-0.39, 0.29) is 0 Å². The lowest BCUT2D eigenvalue weighted by atomic mass is 10.0.